The molecule has 2 aliphatic rings. The van der Waals surface area contributed by atoms with E-state index in [1.54, 1.807) is 6.34 Å². The van der Waals surface area contributed by atoms with Gasteiger partial charge in [-0.2, -0.15) is 0 Å². The van der Waals surface area contributed by atoms with Crippen LogP contribution in [0.3, 0.4) is 0 Å². The van der Waals surface area contributed by atoms with E-state index in [0.717, 1.165) is 24.2 Å². The van der Waals surface area contributed by atoms with Gasteiger partial charge in [-0.3, -0.25) is 0 Å². The first kappa shape index (κ1) is 4.79. The van der Waals surface area contributed by atoms with E-state index in [1.807, 2.05) is 6.08 Å². The van der Waals surface area contributed by atoms with E-state index < -0.39 is 0 Å². The highest BCUT2D eigenvalue weighted by atomic mass is 15.0. The van der Waals surface area contributed by atoms with Crippen molar-refractivity contribution in [2.45, 2.75) is 12.8 Å². The summed E-state index contributed by atoms with van der Waals surface area (Å²) in [6.07, 6.45) is 7.97. The lowest BCUT2D eigenvalue weighted by Gasteiger charge is -2.02. The minimum Gasteiger partial charge on any atom is -0.239 e. The number of aliphatic imine (C=N–C) groups is 1. The van der Waals surface area contributed by atoms with Crippen LogP contribution in [0, 0.1) is 0 Å². The molecule has 1 aliphatic heterocycles. The van der Waals surface area contributed by atoms with Gasteiger partial charge in [-0.05, 0) is 18.9 Å². The van der Waals surface area contributed by atoms with E-state index in [1.165, 1.54) is 0 Å². The molecule has 0 bridgehead atoms. The van der Waals surface area contributed by atoms with Gasteiger partial charge < -0.3 is 0 Å². The molecule has 9 heavy (non-hydrogen) atoms. The highest BCUT2D eigenvalue weighted by Crippen LogP contribution is 2.20. The monoisotopic (exact) mass is 119 g/mol. The SMILES string of the molecule is C1=CC2=C(CC1)N=C[N]2. The van der Waals surface area contributed by atoms with Crippen molar-refractivity contribution in [3.63, 3.8) is 0 Å². The maximum atomic E-state index is 4.09. The molecule has 2 nitrogen and oxygen atoms in total. The number of nitrogens with zero attached hydrogens (tertiary/aromatic N) is 2. The van der Waals surface area contributed by atoms with Crippen molar-refractivity contribution in [3.8, 4) is 0 Å². The Morgan fingerprint density at radius 3 is 3.33 bits per heavy atom. The molecule has 1 heterocycles. The standard InChI is InChI=1S/C7H7N2/c1-2-4-7-6(3-1)8-5-9-7/h1,3,5H,2,4H2. The third-order valence-corrected chi connectivity index (χ3v) is 1.53. The molecular weight excluding hydrogens is 112 g/mol. The summed E-state index contributed by atoms with van der Waals surface area (Å²) in [4.78, 5) is 4.09. The molecule has 1 aliphatic carbocycles. The Labute approximate surface area is 54.0 Å². The Hall–Kier alpha value is -1.05. The van der Waals surface area contributed by atoms with Crippen LogP contribution in [0.2, 0.25) is 0 Å². The molecule has 0 saturated heterocycles. The van der Waals surface area contributed by atoms with Gasteiger partial charge in [-0.25, -0.2) is 10.3 Å². The minimum absolute atomic E-state index is 1.06. The van der Waals surface area contributed by atoms with Crippen LogP contribution in [0.25, 0.3) is 0 Å². The smallest absolute Gasteiger partial charge is 0.116 e. The fourth-order valence-corrected chi connectivity index (χ4v) is 1.05. The molecule has 0 unspecified atom stereocenters. The Kier molecular flexibility index (Phi) is 0.918. The molecule has 2 heteroatoms. The summed E-state index contributed by atoms with van der Waals surface area (Å²) in [5.74, 6) is 0. The molecule has 0 aromatic rings. The third kappa shape index (κ3) is 0.669. The molecule has 2 rings (SSSR count). The second-order valence-electron chi connectivity index (χ2n) is 2.15. The molecule has 0 saturated carbocycles. The van der Waals surface area contributed by atoms with Crippen LogP contribution in [-0.4, -0.2) is 6.34 Å². The van der Waals surface area contributed by atoms with Crippen molar-refractivity contribution < 1.29 is 0 Å². The first-order chi connectivity index (χ1) is 4.47. The molecule has 0 aromatic heterocycles. The van der Waals surface area contributed by atoms with E-state index in [-0.39, 0.29) is 0 Å². The van der Waals surface area contributed by atoms with E-state index in [9.17, 15) is 0 Å². The first-order valence-corrected chi connectivity index (χ1v) is 3.10. The van der Waals surface area contributed by atoms with Crippen molar-refractivity contribution in [1.29, 1.82) is 0 Å². The molecular formula is C7H7N2. The number of hydrogen-bond donors (Lipinski definition) is 0. The van der Waals surface area contributed by atoms with E-state index in [2.05, 4.69) is 16.4 Å². The van der Waals surface area contributed by atoms with Crippen LogP contribution in [-0.2, 0) is 0 Å². The van der Waals surface area contributed by atoms with Crippen molar-refractivity contribution >= 4 is 6.34 Å². The molecule has 0 aromatic carbocycles. The molecule has 0 spiro atoms. The average molecular weight is 119 g/mol. The third-order valence-electron chi connectivity index (χ3n) is 1.53. The van der Waals surface area contributed by atoms with Gasteiger partial charge >= 0.3 is 0 Å². The van der Waals surface area contributed by atoms with Crippen LogP contribution in [0.15, 0.2) is 28.5 Å². The molecule has 0 fully saturated rings. The van der Waals surface area contributed by atoms with E-state index >= 15 is 0 Å². The predicted molar refractivity (Wildman–Crippen MR) is 36.0 cm³/mol. The van der Waals surface area contributed by atoms with Gasteiger partial charge in [0.2, 0.25) is 0 Å². The highest BCUT2D eigenvalue weighted by molar-refractivity contribution is 5.65. The van der Waals surface area contributed by atoms with Crippen LogP contribution >= 0.6 is 0 Å². The predicted octanol–water partition coefficient (Wildman–Crippen LogP) is 1.19. The first-order valence-electron chi connectivity index (χ1n) is 3.10. The lowest BCUT2D eigenvalue weighted by molar-refractivity contribution is 0.924. The number of hydrogen-bond acceptors (Lipinski definition) is 1. The van der Waals surface area contributed by atoms with Crippen LogP contribution < -0.4 is 5.32 Å². The summed E-state index contributed by atoms with van der Waals surface area (Å²) in [7, 11) is 0. The second kappa shape index (κ2) is 1.72. The zero-order valence-corrected chi connectivity index (χ0v) is 5.04. The Morgan fingerprint density at radius 2 is 2.44 bits per heavy atom. The van der Waals surface area contributed by atoms with Gasteiger partial charge in [0.1, 0.15) is 6.34 Å². The lowest BCUT2D eigenvalue weighted by Crippen LogP contribution is -1.96. The molecule has 0 N–H and O–H groups in total. The van der Waals surface area contributed by atoms with Crippen LogP contribution in [0.5, 0.6) is 0 Å². The fraction of sp³-hybridized carbons (Fsp3) is 0.286. The summed E-state index contributed by atoms with van der Waals surface area (Å²) in [6.45, 7) is 0. The summed E-state index contributed by atoms with van der Waals surface area (Å²) in [6, 6.07) is 0. The number of allylic oxidation sites excluding steroid dienone is 3. The van der Waals surface area contributed by atoms with E-state index in [0.29, 0.717) is 0 Å². The zero-order chi connectivity index (χ0) is 6.10. The zero-order valence-electron chi connectivity index (χ0n) is 5.04. The van der Waals surface area contributed by atoms with Crippen molar-refractivity contribution in [3.05, 3.63) is 23.5 Å². The maximum absolute atomic E-state index is 4.09. The molecule has 0 amide bonds. The summed E-state index contributed by atoms with van der Waals surface area (Å²) in [5.41, 5.74) is 2.21. The van der Waals surface area contributed by atoms with E-state index in [4.69, 9.17) is 0 Å². The van der Waals surface area contributed by atoms with Gasteiger partial charge in [-0.1, -0.05) is 6.08 Å². The van der Waals surface area contributed by atoms with Gasteiger partial charge in [0, 0.05) is 0 Å². The molecule has 0 atom stereocenters. The Balaban J connectivity index is 2.35. The van der Waals surface area contributed by atoms with Crippen LogP contribution in [0.1, 0.15) is 12.8 Å². The summed E-state index contributed by atoms with van der Waals surface area (Å²) in [5, 5.41) is 4.06. The summed E-state index contributed by atoms with van der Waals surface area (Å²) >= 11 is 0. The average Bonchev–Trinajstić information content (AvgIpc) is 2.33. The second-order valence-corrected chi connectivity index (χ2v) is 2.15. The number of rotatable bonds is 0. The van der Waals surface area contributed by atoms with Gasteiger partial charge in [0.25, 0.3) is 0 Å². The summed E-state index contributed by atoms with van der Waals surface area (Å²) < 4.78 is 0. The van der Waals surface area contributed by atoms with Gasteiger partial charge in [0.15, 0.2) is 0 Å². The van der Waals surface area contributed by atoms with Gasteiger partial charge in [-0.15, -0.1) is 0 Å². The fourth-order valence-electron chi connectivity index (χ4n) is 1.05. The topological polar surface area (TPSA) is 26.5 Å². The maximum Gasteiger partial charge on any atom is 0.116 e. The van der Waals surface area contributed by atoms with Crippen molar-refractivity contribution in [2.24, 2.45) is 4.99 Å². The lowest BCUT2D eigenvalue weighted by atomic mass is 10.1. The minimum atomic E-state index is 1.06. The van der Waals surface area contributed by atoms with Crippen LogP contribution in [0.4, 0.5) is 0 Å². The normalized spacial score (nSPS) is 22.2. The quantitative estimate of drug-likeness (QED) is 0.458. The largest absolute Gasteiger partial charge is 0.239 e. The Bertz CT molecular complexity index is 211. The van der Waals surface area contributed by atoms with Crippen molar-refractivity contribution in [1.82, 2.24) is 5.32 Å². The Morgan fingerprint density at radius 1 is 1.44 bits per heavy atom. The molecule has 45 valence electrons. The molecule has 1 radical (unpaired) electrons. The van der Waals surface area contributed by atoms with Gasteiger partial charge in [0.05, 0.1) is 11.4 Å². The highest BCUT2D eigenvalue weighted by Gasteiger charge is 2.10. The van der Waals surface area contributed by atoms with Crippen molar-refractivity contribution in [2.75, 3.05) is 0 Å².